The van der Waals surface area contributed by atoms with Gasteiger partial charge in [-0.3, -0.25) is 9.59 Å². The van der Waals surface area contributed by atoms with Crippen molar-refractivity contribution in [3.63, 3.8) is 0 Å². The van der Waals surface area contributed by atoms with E-state index < -0.39 is 17.4 Å². The van der Waals surface area contributed by atoms with Crippen molar-refractivity contribution in [2.45, 2.75) is 13.8 Å². The van der Waals surface area contributed by atoms with Crippen molar-refractivity contribution in [1.82, 2.24) is 0 Å². The number of Topliss-reactive ketones (excluding diaryl/α,β-unsaturated/α-hetero) is 2. The first-order valence-electron chi connectivity index (χ1n) is 3.84. The smallest absolute Gasteiger partial charge is 0.228 e. The van der Waals surface area contributed by atoms with Crippen LogP contribution in [0, 0.1) is 12.7 Å². The molecule has 1 rings (SSSR count). The van der Waals surface area contributed by atoms with Gasteiger partial charge in [0.15, 0.2) is 5.78 Å². The second kappa shape index (κ2) is 3.47. The van der Waals surface area contributed by atoms with Crippen LogP contribution in [0.15, 0.2) is 18.2 Å². The molecule has 0 aliphatic rings. The molecular formula is C10H9FO2. The van der Waals surface area contributed by atoms with Crippen molar-refractivity contribution in [2.75, 3.05) is 0 Å². The van der Waals surface area contributed by atoms with E-state index in [-0.39, 0.29) is 5.56 Å². The summed E-state index contributed by atoms with van der Waals surface area (Å²) in [6.45, 7) is 2.80. The number of halogens is 1. The van der Waals surface area contributed by atoms with Crippen LogP contribution in [0.5, 0.6) is 0 Å². The molecule has 2 nitrogen and oxygen atoms in total. The molecule has 0 bridgehead atoms. The molecule has 0 N–H and O–H groups in total. The van der Waals surface area contributed by atoms with Gasteiger partial charge in [0.2, 0.25) is 5.78 Å². The van der Waals surface area contributed by atoms with Crippen LogP contribution in [-0.4, -0.2) is 11.6 Å². The predicted molar refractivity (Wildman–Crippen MR) is 46.1 cm³/mol. The summed E-state index contributed by atoms with van der Waals surface area (Å²) in [6, 6.07) is 3.73. The number of hydrogen-bond donors (Lipinski definition) is 0. The average Bonchev–Trinajstić information content (AvgIpc) is 2.03. The van der Waals surface area contributed by atoms with Crippen LogP contribution in [0.1, 0.15) is 22.8 Å². The maximum atomic E-state index is 12.6. The minimum atomic E-state index is -0.572. The molecule has 0 aromatic heterocycles. The molecular weight excluding hydrogens is 171 g/mol. The largest absolute Gasteiger partial charge is 0.291 e. The fraction of sp³-hybridized carbons (Fsp3) is 0.200. The Morgan fingerprint density at radius 1 is 1.31 bits per heavy atom. The van der Waals surface area contributed by atoms with E-state index >= 15 is 0 Å². The molecule has 0 atom stereocenters. The number of carbonyl (C=O) groups excluding carboxylic acids is 2. The topological polar surface area (TPSA) is 34.1 Å². The monoisotopic (exact) mass is 180 g/mol. The Balaban J connectivity index is 3.16. The minimum absolute atomic E-state index is 0.272. The second-order valence-corrected chi connectivity index (χ2v) is 2.84. The SMILES string of the molecule is CC(=O)C(=O)c1ccc(F)cc1C. The van der Waals surface area contributed by atoms with Gasteiger partial charge >= 0.3 is 0 Å². The van der Waals surface area contributed by atoms with Gasteiger partial charge in [0.05, 0.1) is 0 Å². The minimum Gasteiger partial charge on any atom is -0.291 e. The summed E-state index contributed by atoms with van der Waals surface area (Å²) in [5, 5.41) is 0. The predicted octanol–water partition coefficient (Wildman–Crippen LogP) is 1.91. The lowest BCUT2D eigenvalue weighted by atomic mass is 10.0. The van der Waals surface area contributed by atoms with E-state index in [1.807, 2.05) is 0 Å². The number of ketones is 2. The fourth-order valence-corrected chi connectivity index (χ4v) is 1.07. The highest BCUT2D eigenvalue weighted by Gasteiger charge is 2.13. The highest BCUT2D eigenvalue weighted by atomic mass is 19.1. The third-order valence-corrected chi connectivity index (χ3v) is 1.75. The molecule has 0 saturated heterocycles. The molecule has 68 valence electrons. The standard InChI is InChI=1S/C10H9FO2/c1-6-5-8(11)3-4-9(6)10(13)7(2)12/h3-5H,1-2H3. The molecule has 1 aromatic rings. The molecule has 0 unspecified atom stereocenters. The first kappa shape index (κ1) is 9.58. The Morgan fingerprint density at radius 3 is 2.38 bits per heavy atom. The summed E-state index contributed by atoms with van der Waals surface area (Å²) >= 11 is 0. The van der Waals surface area contributed by atoms with Crippen molar-refractivity contribution in [3.8, 4) is 0 Å². The quantitative estimate of drug-likeness (QED) is 0.514. The van der Waals surface area contributed by atoms with E-state index in [1.54, 1.807) is 6.92 Å². The summed E-state index contributed by atoms with van der Waals surface area (Å²) in [7, 11) is 0. The number of rotatable bonds is 2. The zero-order valence-corrected chi connectivity index (χ0v) is 7.43. The molecule has 0 aliphatic heterocycles. The van der Waals surface area contributed by atoms with Gasteiger partial charge in [-0.15, -0.1) is 0 Å². The van der Waals surface area contributed by atoms with Gasteiger partial charge in [-0.05, 0) is 30.7 Å². The third-order valence-electron chi connectivity index (χ3n) is 1.75. The molecule has 0 amide bonds. The average molecular weight is 180 g/mol. The van der Waals surface area contributed by atoms with Gasteiger partial charge in [-0.25, -0.2) is 4.39 Å². The zero-order chi connectivity index (χ0) is 10.0. The summed E-state index contributed by atoms with van der Waals surface area (Å²) in [5.74, 6) is -1.51. The van der Waals surface area contributed by atoms with E-state index in [2.05, 4.69) is 0 Å². The van der Waals surface area contributed by atoms with Crippen molar-refractivity contribution in [3.05, 3.63) is 35.1 Å². The summed E-state index contributed by atoms with van der Waals surface area (Å²) in [4.78, 5) is 21.9. The highest BCUT2D eigenvalue weighted by molar-refractivity contribution is 6.43. The lowest BCUT2D eigenvalue weighted by Crippen LogP contribution is -2.11. The highest BCUT2D eigenvalue weighted by Crippen LogP contribution is 2.10. The lowest BCUT2D eigenvalue weighted by Gasteiger charge is -2.01. The molecule has 0 saturated carbocycles. The number of benzene rings is 1. The zero-order valence-electron chi connectivity index (χ0n) is 7.43. The first-order valence-corrected chi connectivity index (χ1v) is 3.84. The number of carbonyl (C=O) groups is 2. The third kappa shape index (κ3) is 1.99. The fourth-order valence-electron chi connectivity index (χ4n) is 1.07. The summed E-state index contributed by atoms with van der Waals surface area (Å²) in [5.41, 5.74) is 0.758. The van der Waals surface area contributed by atoms with Crippen LogP contribution in [0.2, 0.25) is 0 Å². The summed E-state index contributed by atoms with van der Waals surface area (Å²) < 4.78 is 12.6. The Kier molecular flexibility index (Phi) is 2.56. The molecule has 0 aliphatic carbocycles. The van der Waals surface area contributed by atoms with Gasteiger partial charge < -0.3 is 0 Å². The van der Waals surface area contributed by atoms with Crippen molar-refractivity contribution >= 4 is 11.6 Å². The maximum Gasteiger partial charge on any atom is 0.228 e. The van der Waals surface area contributed by atoms with E-state index in [0.29, 0.717) is 5.56 Å². The normalized spacial score (nSPS) is 9.77. The van der Waals surface area contributed by atoms with Crippen LogP contribution < -0.4 is 0 Å². The van der Waals surface area contributed by atoms with Crippen LogP contribution in [0.3, 0.4) is 0 Å². The Labute approximate surface area is 75.4 Å². The first-order chi connectivity index (χ1) is 6.02. The Hall–Kier alpha value is -1.51. The van der Waals surface area contributed by atoms with Gasteiger partial charge in [-0.2, -0.15) is 0 Å². The molecule has 0 radical (unpaired) electrons. The van der Waals surface area contributed by atoms with Crippen molar-refractivity contribution < 1.29 is 14.0 Å². The second-order valence-electron chi connectivity index (χ2n) is 2.84. The van der Waals surface area contributed by atoms with Crippen LogP contribution in [0.4, 0.5) is 4.39 Å². The molecule has 3 heteroatoms. The molecule has 1 aromatic carbocycles. The van der Waals surface area contributed by atoms with Crippen molar-refractivity contribution in [2.24, 2.45) is 0 Å². The van der Waals surface area contributed by atoms with Crippen LogP contribution in [-0.2, 0) is 4.79 Å². The van der Waals surface area contributed by atoms with E-state index in [9.17, 15) is 14.0 Å². The van der Waals surface area contributed by atoms with E-state index in [0.717, 1.165) is 0 Å². The van der Waals surface area contributed by atoms with E-state index in [1.165, 1.54) is 25.1 Å². The molecule has 13 heavy (non-hydrogen) atoms. The molecule has 0 spiro atoms. The van der Waals surface area contributed by atoms with E-state index in [4.69, 9.17) is 0 Å². The van der Waals surface area contributed by atoms with Crippen molar-refractivity contribution in [1.29, 1.82) is 0 Å². The number of hydrogen-bond acceptors (Lipinski definition) is 2. The van der Waals surface area contributed by atoms with Gasteiger partial charge in [0.25, 0.3) is 0 Å². The molecule has 0 heterocycles. The summed E-state index contributed by atoms with van der Waals surface area (Å²) in [6.07, 6.45) is 0. The van der Waals surface area contributed by atoms with Gasteiger partial charge in [0, 0.05) is 12.5 Å². The van der Waals surface area contributed by atoms with Gasteiger partial charge in [-0.1, -0.05) is 0 Å². The van der Waals surface area contributed by atoms with Gasteiger partial charge in [0.1, 0.15) is 5.82 Å². The van der Waals surface area contributed by atoms with Crippen LogP contribution in [0.25, 0.3) is 0 Å². The Morgan fingerprint density at radius 2 is 1.92 bits per heavy atom. The maximum absolute atomic E-state index is 12.6. The number of aryl methyl sites for hydroxylation is 1. The molecule has 0 fully saturated rings. The van der Waals surface area contributed by atoms with Crippen LogP contribution >= 0.6 is 0 Å². The lowest BCUT2D eigenvalue weighted by molar-refractivity contribution is -0.113. The Bertz CT molecular complexity index is 369.